The number of anilines is 1. The summed E-state index contributed by atoms with van der Waals surface area (Å²) in [6, 6.07) is 16.4. The molecule has 6 nitrogen and oxygen atoms in total. The molecular weight excluding hydrogens is 326 g/mol. The van der Waals surface area contributed by atoms with Gasteiger partial charge in [0, 0.05) is 18.8 Å². The number of aryl methyl sites for hydroxylation is 2. The monoisotopic (exact) mass is 349 g/mol. The summed E-state index contributed by atoms with van der Waals surface area (Å²) in [6.07, 6.45) is 0.170. The zero-order valence-electron chi connectivity index (χ0n) is 15.3. The van der Waals surface area contributed by atoms with Crippen molar-refractivity contribution in [3.8, 4) is 5.82 Å². The van der Waals surface area contributed by atoms with E-state index < -0.39 is 0 Å². The van der Waals surface area contributed by atoms with Crippen LogP contribution in [0, 0.1) is 13.8 Å². The van der Waals surface area contributed by atoms with Gasteiger partial charge in [-0.1, -0.05) is 30.3 Å². The van der Waals surface area contributed by atoms with Crippen molar-refractivity contribution in [3.63, 3.8) is 0 Å². The van der Waals surface area contributed by atoms with Crippen LogP contribution in [0.3, 0.4) is 0 Å². The Morgan fingerprint density at radius 1 is 0.962 bits per heavy atom. The fourth-order valence-corrected chi connectivity index (χ4v) is 3.45. The van der Waals surface area contributed by atoms with Crippen LogP contribution in [0.15, 0.2) is 48.5 Å². The number of ether oxygens (including phenoxy) is 1. The number of aromatic nitrogens is 4. The molecule has 0 amide bonds. The highest BCUT2D eigenvalue weighted by molar-refractivity contribution is 5.41. The average molecular weight is 349 g/mol. The maximum atomic E-state index is 6.13. The first-order valence-corrected chi connectivity index (χ1v) is 8.93. The summed E-state index contributed by atoms with van der Waals surface area (Å²) in [5.74, 6) is 1.60. The molecule has 26 heavy (non-hydrogen) atoms. The largest absolute Gasteiger partial charge is 0.367 e. The molecule has 1 aliphatic rings. The van der Waals surface area contributed by atoms with E-state index in [0.29, 0.717) is 0 Å². The molecule has 3 aromatic rings. The van der Waals surface area contributed by atoms with E-state index >= 15 is 0 Å². The number of hydrogen-bond acceptors (Lipinski definition) is 5. The van der Waals surface area contributed by atoms with Crippen LogP contribution in [0.4, 0.5) is 5.82 Å². The maximum absolute atomic E-state index is 6.13. The quantitative estimate of drug-likeness (QED) is 0.726. The smallest absolute Gasteiger partial charge is 0.176 e. The molecule has 1 aromatic carbocycles. The summed E-state index contributed by atoms with van der Waals surface area (Å²) in [4.78, 5) is 2.24. The molecule has 0 bridgehead atoms. The molecule has 0 saturated carbocycles. The van der Waals surface area contributed by atoms with Gasteiger partial charge in [-0.3, -0.25) is 0 Å². The predicted octanol–water partition coefficient (Wildman–Crippen LogP) is 3.25. The summed E-state index contributed by atoms with van der Waals surface area (Å²) < 4.78 is 7.95. The van der Waals surface area contributed by atoms with Crippen molar-refractivity contribution < 1.29 is 4.74 Å². The number of benzene rings is 1. The lowest BCUT2D eigenvalue weighted by Crippen LogP contribution is -2.43. The molecule has 0 spiro atoms. The highest BCUT2D eigenvalue weighted by atomic mass is 16.5. The topological polar surface area (TPSA) is 56.1 Å². The van der Waals surface area contributed by atoms with Crippen LogP contribution < -0.4 is 4.90 Å². The third kappa shape index (κ3) is 3.32. The Morgan fingerprint density at radius 2 is 1.69 bits per heavy atom. The minimum atomic E-state index is 0.0393. The van der Waals surface area contributed by atoms with Crippen molar-refractivity contribution in [2.45, 2.75) is 33.0 Å². The summed E-state index contributed by atoms with van der Waals surface area (Å²) in [5.41, 5.74) is 3.21. The van der Waals surface area contributed by atoms with E-state index in [1.807, 2.05) is 54.9 Å². The second kappa shape index (κ2) is 6.88. The first kappa shape index (κ1) is 16.7. The second-order valence-electron chi connectivity index (χ2n) is 6.84. The Hall–Kier alpha value is -2.73. The van der Waals surface area contributed by atoms with Gasteiger partial charge in [0.1, 0.15) is 6.10 Å². The summed E-state index contributed by atoms with van der Waals surface area (Å²) in [6.45, 7) is 7.66. The molecule has 4 rings (SSSR count). The third-order valence-electron chi connectivity index (χ3n) is 4.62. The normalized spacial score (nSPS) is 20.3. The van der Waals surface area contributed by atoms with Gasteiger partial charge in [0.2, 0.25) is 0 Å². The van der Waals surface area contributed by atoms with Crippen molar-refractivity contribution in [2.24, 2.45) is 0 Å². The fraction of sp³-hybridized carbons (Fsp3) is 0.350. The fourth-order valence-electron chi connectivity index (χ4n) is 3.45. The number of rotatable bonds is 3. The van der Waals surface area contributed by atoms with E-state index in [0.717, 1.165) is 36.1 Å². The average Bonchev–Trinajstić information content (AvgIpc) is 3.00. The van der Waals surface area contributed by atoms with Crippen LogP contribution >= 0.6 is 0 Å². The zero-order chi connectivity index (χ0) is 18.1. The van der Waals surface area contributed by atoms with Gasteiger partial charge < -0.3 is 9.64 Å². The lowest BCUT2D eigenvalue weighted by Gasteiger charge is -2.37. The predicted molar refractivity (Wildman–Crippen MR) is 101 cm³/mol. The SMILES string of the molecule is Cc1cc(C)n(-c2ccc(N3C[C@@H](c4ccccc4)O[C@@H](C)C3)nn2)n1. The number of hydrogen-bond donors (Lipinski definition) is 0. The standard InChI is InChI=1S/C20H23N5O/c1-14-11-15(2)25(23-14)20-10-9-19(21-22-20)24-12-16(3)26-18(13-24)17-7-5-4-6-8-17/h4-11,16,18H,12-13H2,1-3H3/t16-,18-/m0/s1. The maximum Gasteiger partial charge on any atom is 0.176 e. The molecule has 6 heteroatoms. The van der Waals surface area contributed by atoms with Crippen molar-refractivity contribution in [1.82, 2.24) is 20.0 Å². The van der Waals surface area contributed by atoms with Crippen LogP contribution in [0.1, 0.15) is 30.0 Å². The van der Waals surface area contributed by atoms with E-state index in [2.05, 4.69) is 39.3 Å². The van der Waals surface area contributed by atoms with E-state index in [1.165, 1.54) is 5.56 Å². The number of morpholine rings is 1. The minimum Gasteiger partial charge on any atom is -0.367 e. The molecular formula is C20H23N5O. The van der Waals surface area contributed by atoms with Crippen LogP contribution in [-0.4, -0.2) is 39.2 Å². The van der Waals surface area contributed by atoms with Gasteiger partial charge in [-0.05, 0) is 44.5 Å². The van der Waals surface area contributed by atoms with Crippen molar-refractivity contribution in [2.75, 3.05) is 18.0 Å². The number of nitrogens with zero attached hydrogens (tertiary/aromatic N) is 5. The molecule has 1 aliphatic heterocycles. The van der Waals surface area contributed by atoms with Crippen molar-refractivity contribution >= 4 is 5.82 Å². The summed E-state index contributed by atoms with van der Waals surface area (Å²) in [7, 11) is 0. The van der Waals surface area contributed by atoms with Crippen molar-refractivity contribution in [3.05, 3.63) is 65.5 Å². The Balaban J connectivity index is 1.56. The third-order valence-corrected chi connectivity index (χ3v) is 4.62. The van der Waals surface area contributed by atoms with Crippen LogP contribution in [0.5, 0.6) is 0 Å². The minimum absolute atomic E-state index is 0.0393. The molecule has 0 unspecified atom stereocenters. The molecule has 0 N–H and O–H groups in total. The van der Waals surface area contributed by atoms with Crippen LogP contribution in [-0.2, 0) is 4.74 Å². The van der Waals surface area contributed by atoms with E-state index in [-0.39, 0.29) is 12.2 Å². The first-order chi connectivity index (χ1) is 12.6. The lowest BCUT2D eigenvalue weighted by molar-refractivity contribution is -0.0176. The highest BCUT2D eigenvalue weighted by Gasteiger charge is 2.27. The molecule has 1 fully saturated rings. The van der Waals surface area contributed by atoms with E-state index in [4.69, 9.17) is 4.74 Å². The summed E-state index contributed by atoms with van der Waals surface area (Å²) >= 11 is 0. The molecule has 2 atom stereocenters. The first-order valence-electron chi connectivity index (χ1n) is 8.93. The second-order valence-corrected chi connectivity index (χ2v) is 6.84. The van der Waals surface area contributed by atoms with Gasteiger partial charge >= 0.3 is 0 Å². The van der Waals surface area contributed by atoms with Crippen LogP contribution in [0.2, 0.25) is 0 Å². The zero-order valence-corrected chi connectivity index (χ0v) is 15.3. The molecule has 2 aromatic heterocycles. The van der Waals surface area contributed by atoms with Gasteiger partial charge in [-0.15, -0.1) is 10.2 Å². The van der Waals surface area contributed by atoms with Gasteiger partial charge in [0.25, 0.3) is 0 Å². The van der Waals surface area contributed by atoms with Gasteiger partial charge in [-0.2, -0.15) is 5.10 Å². The Bertz CT molecular complexity index is 875. The van der Waals surface area contributed by atoms with Crippen molar-refractivity contribution in [1.29, 1.82) is 0 Å². The van der Waals surface area contributed by atoms with Gasteiger partial charge in [-0.25, -0.2) is 4.68 Å². The Kier molecular flexibility index (Phi) is 4.42. The Morgan fingerprint density at radius 3 is 2.35 bits per heavy atom. The van der Waals surface area contributed by atoms with Crippen LogP contribution in [0.25, 0.3) is 5.82 Å². The summed E-state index contributed by atoms with van der Waals surface area (Å²) in [5, 5.41) is 13.3. The molecule has 1 saturated heterocycles. The Labute approximate surface area is 153 Å². The van der Waals surface area contributed by atoms with Gasteiger partial charge in [0.15, 0.2) is 11.6 Å². The highest BCUT2D eigenvalue weighted by Crippen LogP contribution is 2.27. The van der Waals surface area contributed by atoms with E-state index in [9.17, 15) is 0 Å². The molecule has 0 aliphatic carbocycles. The molecule has 3 heterocycles. The van der Waals surface area contributed by atoms with Gasteiger partial charge in [0.05, 0.1) is 11.8 Å². The van der Waals surface area contributed by atoms with E-state index in [1.54, 1.807) is 0 Å². The lowest BCUT2D eigenvalue weighted by atomic mass is 10.1. The molecule has 134 valence electrons. The molecule has 0 radical (unpaired) electrons.